The molecule has 0 heterocycles. The van der Waals surface area contributed by atoms with E-state index in [-0.39, 0.29) is 18.4 Å². The minimum atomic E-state index is -3.30. The molecule has 1 N–H and O–H groups in total. The number of thiol groups is 1. The zero-order valence-electron chi connectivity index (χ0n) is 11.3. The summed E-state index contributed by atoms with van der Waals surface area (Å²) in [5, 5.41) is 8.99. The van der Waals surface area contributed by atoms with E-state index in [9.17, 15) is 8.42 Å². The number of hydrogen-bond acceptors (Lipinski definition) is 4. The summed E-state index contributed by atoms with van der Waals surface area (Å²) in [6.45, 7) is 1.51. The molecule has 0 aliphatic rings. The Morgan fingerprint density at radius 3 is 2.68 bits per heavy atom. The number of rotatable bonds is 7. The topological polar surface area (TPSA) is 57.6 Å². The second-order valence-corrected chi connectivity index (χ2v) is 7.30. The van der Waals surface area contributed by atoms with Gasteiger partial charge >= 0.3 is 0 Å². The van der Waals surface area contributed by atoms with Crippen LogP contribution in [-0.2, 0) is 16.4 Å². The highest BCUT2D eigenvalue weighted by molar-refractivity contribution is 7.89. The second kappa shape index (κ2) is 7.28. The number of benzene rings is 1. The highest BCUT2D eigenvalue weighted by Gasteiger charge is 2.21. The molecule has 4 nitrogen and oxygen atoms in total. The van der Waals surface area contributed by atoms with Crippen LogP contribution in [0.3, 0.4) is 0 Å². The van der Waals surface area contributed by atoms with Gasteiger partial charge in [-0.05, 0) is 37.5 Å². The molecule has 0 bridgehead atoms. The first-order chi connectivity index (χ1) is 8.86. The maximum absolute atomic E-state index is 12.0. The van der Waals surface area contributed by atoms with Gasteiger partial charge in [0.2, 0.25) is 10.0 Å². The maximum atomic E-state index is 12.0. The minimum Gasteiger partial charge on any atom is -0.395 e. The molecular weight excluding hydrogens is 282 g/mol. The molecule has 0 aliphatic carbocycles. The molecule has 0 aromatic heterocycles. The average Bonchev–Trinajstić information content (AvgIpc) is 2.36. The summed E-state index contributed by atoms with van der Waals surface area (Å²) in [5.41, 5.74) is 1.08. The normalized spacial score (nSPS) is 13.7. The third-order valence-electron chi connectivity index (χ3n) is 3.10. The van der Waals surface area contributed by atoms with Crippen LogP contribution in [0.5, 0.6) is 0 Å². The van der Waals surface area contributed by atoms with Crippen molar-refractivity contribution in [2.75, 3.05) is 19.4 Å². The van der Waals surface area contributed by atoms with E-state index in [0.29, 0.717) is 12.8 Å². The van der Waals surface area contributed by atoms with Crippen molar-refractivity contribution < 1.29 is 13.5 Å². The first-order valence-corrected chi connectivity index (χ1v) is 8.27. The predicted molar refractivity (Wildman–Crippen MR) is 80.1 cm³/mol. The molecule has 108 valence electrons. The van der Waals surface area contributed by atoms with Crippen LogP contribution in [0.4, 0.5) is 0 Å². The number of aliphatic hydroxyl groups excluding tert-OH is 1. The monoisotopic (exact) mass is 303 g/mol. The lowest BCUT2D eigenvalue weighted by Gasteiger charge is -2.22. The molecule has 1 aromatic carbocycles. The Bertz CT molecular complexity index is 502. The van der Waals surface area contributed by atoms with E-state index in [2.05, 4.69) is 12.6 Å². The fourth-order valence-corrected chi connectivity index (χ4v) is 3.37. The number of aryl methyl sites for hydroxylation is 1. The fraction of sp³-hybridized carbons (Fsp3) is 0.538. The van der Waals surface area contributed by atoms with Crippen LogP contribution in [0.1, 0.15) is 18.9 Å². The first kappa shape index (κ1) is 16.5. The van der Waals surface area contributed by atoms with Gasteiger partial charge in [0.05, 0.1) is 12.4 Å². The van der Waals surface area contributed by atoms with E-state index >= 15 is 0 Å². The van der Waals surface area contributed by atoms with Crippen molar-refractivity contribution in [3.05, 3.63) is 29.8 Å². The summed E-state index contributed by atoms with van der Waals surface area (Å²) in [6, 6.07) is 7.32. The predicted octanol–water partition coefficient (Wildman–Crippen LogP) is 1.55. The van der Waals surface area contributed by atoms with Gasteiger partial charge in [-0.25, -0.2) is 8.42 Å². The Morgan fingerprint density at radius 1 is 1.42 bits per heavy atom. The molecular formula is C13H21NO3S2. The summed E-state index contributed by atoms with van der Waals surface area (Å²) in [4.78, 5) is 0.881. The smallest absolute Gasteiger partial charge is 0.214 e. The van der Waals surface area contributed by atoms with Gasteiger partial charge in [0.25, 0.3) is 0 Å². The summed E-state index contributed by atoms with van der Waals surface area (Å²) in [7, 11) is -1.79. The van der Waals surface area contributed by atoms with Gasteiger partial charge in [-0.2, -0.15) is 4.31 Å². The van der Waals surface area contributed by atoms with E-state index in [1.807, 2.05) is 24.3 Å². The summed E-state index contributed by atoms with van der Waals surface area (Å²) in [5.74, 6) is 0.0879. The molecule has 1 rings (SSSR count). The van der Waals surface area contributed by atoms with Crippen molar-refractivity contribution in [1.82, 2.24) is 4.31 Å². The van der Waals surface area contributed by atoms with Crippen molar-refractivity contribution in [3.8, 4) is 0 Å². The molecule has 1 atom stereocenters. The van der Waals surface area contributed by atoms with Crippen LogP contribution in [0, 0.1) is 0 Å². The van der Waals surface area contributed by atoms with Crippen LogP contribution in [-0.4, -0.2) is 43.3 Å². The Labute approximate surface area is 120 Å². The Morgan fingerprint density at radius 2 is 2.11 bits per heavy atom. The van der Waals surface area contributed by atoms with Crippen molar-refractivity contribution >= 4 is 22.7 Å². The zero-order valence-corrected chi connectivity index (χ0v) is 13.0. The molecule has 19 heavy (non-hydrogen) atoms. The average molecular weight is 303 g/mol. The van der Waals surface area contributed by atoms with E-state index in [4.69, 9.17) is 5.11 Å². The van der Waals surface area contributed by atoms with E-state index < -0.39 is 10.0 Å². The Hall–Kier alpha value is -0.560. The fourth-order valence-electron chi connectivity index (χ4n) is 1.70. The molecule has 1 aromatic rings. The number of nitrogens with zero attached hydrogens (tertiary/aromatic N) is 1. The highest BCUT2D eigenvalue weighted by Crippen LogP contribution is 2.12. The van der Waals surface area contributed by atoms with Gasteiger partial charge in [-0.1, -0.05) is 12.1 Å². The molecule has 0 radical (unpaired) electrons. The molecule has 0 spiro atoms. The van der Waals surface area contributed by atoms with Crippen molar-refractivity contribution in [1.29, 1.82) is 0 Å². The van der Waals surface area contributed by atoms with E-state index in [0.717, 1.165) is 10.5 Å². The highest BCUT2D eigenvalue weighted by atomic mass is 32.2. The summed E-state index contributed by atoms with van der Waals surface area (Å²) < 4.78 is 25.2. The molecule has 0 fully saturated rings. The summed E-state index contributed by atoms with van der Waals surface area (Å²) in [6.07, 6.45) is 1.26. The molecule has 0 saturated heterocycles. The molecule has 0 saturated carbocycles. The SMILES string of the molecule is C[C@H](CO)N(C)S(=O)(=O)CCCc1cccc(S)c1. The van der Waals surface area contributed by atoms with Gasteiger partial charge in [0.15, 0.2) is 0 Å². The van der Waals surface area contributed by atoms with Gasteiger partial charge in [0.1, 0.15) is 0 Å². The zero-order chi connectivity index (χ0) is 14.5. The lowest BCUT2D eigenvalue weighted by atomic mass is 10.1. The van der Waals surface area contributed by atoms with Crippen LogP contribution in [0.25, 0.3) is 0 Å². The first-order valence-electron chi connectivity index (χ1n) is 6.21. The molecule has 0 aliphatic heterocycles. The van der Waals surface area contributed by atoms with Crippen LogP contribution in [0.2, 0.25) is 0 Å². The molecule has 0 unspecified atom stereocenters. The number of likely N-dealkylation sites (N-methyl/N-ethyl adjacent to an activating group) is 1. The number of sulfonamides is 1. The number of aliphatic hydroxyl groups is 1. The summed E-state index contributed by atoms with van der Waals surface area (Å²) >= 11 is 4.25. The van der Waals surface area contributed by atoms with Crippen LogP contribution in [0.15, 0.2) is 29.2 Å². The quantitative estimate of drug-likeness (QED) is 0.752. The van der Waals surface area contributed by atoms with E-state index in [1.54, 1.807) is 6.92 Å². The van der Waals surface area contributed by atoms with Crippen molar-refractivity contribution in [2.24, 2.45) is 0 Å². The second-order valence-electron chi connectivity index (χ2n) is 4.64. The van der Waals surface area contributed by atoms with Gasteiger partial charge in [-0.3, -0.25) is 0 Å². The largest absolute Gasteiger partial charge is 0.395 e. The standard InChI is InChI=1S/C13H21NO3S2/c1-11(10-15)14(2)19(16,17)8-4-6-12-5-3-7-13(18)9-12/h3,5,7,9,11,15,18H,4,6,8,10H2,1-2H3/t11-/m1/s1. The Balaban J connectivity index is 2.52. The third kappa shape index (κ3) is 5.14. The van der Waals surface area contributed by atoms with Crippen LogP contribution >= 0.6 is 12.6 Å². The third-order valence-corrected chi connectivity index (χ3v) is 5.42. The lowest BCUT2D eigenvalue weighted by Crippen LogP contribution is -2.38. The minimum absolute atomic E-state index is 0.0879. The lowest BCUT2D eigenvalue weighted by molar-refractivity contribution is 0.214. The molecule has 0 amide bonds. The molecule has 6 heteroatoms. The van der Waals surface area contributed by atoms with Crippen molar-refractivity contribution in [2.45, 2.75) is 30.7 Å². The van der Waals surface area contributed by atoms with Gasteiger partial charge in [0, 0.05) is 18.0 Å². The van der Waals surface area contributed by atoms with Crippen molar-refractivity contribution in [3.63, 3.8) is 0 Å². The van der Waals surface area contributed by atoms with Gasteiger partial charge in [-0.15, -0.1) is 12.6 Å². The van der Waals surface area contributed by atoms with Gasteiger partial charge < -0.3 is 5.11 Å². The maximum Gasteiger partial charge on any atom is 0.214 e. The number of hydrogen-bond donors (Lipinski definition) is 2. The van der Waals surface area contributed by atoms with Crippen LogP contribution < -0.4 is 0 Å². The van der Waals surface area contributed by atoms with E-state index in [1.165, 1.54) is 11.4 Å². The Kier molecular flexibility index (Phi) is 6.32.